The van der Waals surface area contributed by atoms with Gasteiger partial charge in [-0.2, -0.15) is 0 Å². The molecule has 2 heterocycles. The molecule has 0 aromatic heterocycles. The Hall–Kier alpha value is -0.770. The van der Waals surface area contributed by atoms with E-state index in [1.54, 1.807) is 0 Å². The number of likely N-dealkylation sites (tertiary alicyclic amines) is 1. The molecule has 0 aliphatic carbocycles. The van der Waals surface area contributed by atoms with E-state index in [0.29, 0.717) is 6.04 Å². The average molecular weight is 267 g/mol. The maximum Gasteiger partial charge on any atom is 0.320 e. The van der Waals surface area contributed by atoms with Gasteiger partial charge >= 0.3 is 6.03 Å². The molecule has 0 aromatic carbocycles. The van der Waals surface area contributed by atoms with Gasteiger partial charge in [-0.3, -0.25) is 0 Å². The Morgan fingerprint density at radius 2 is 1.89 bits per heavy atom. The van der Waals surface area contributed by atoms with Gasteiger partial charge in [-0.1, -0.05) is 12.8 Å². The number of rotatable bonds is 3. The minimum Gasteiger partial charge on any atom is -0.325 e. The van der Waals surface area contributed by atoms with Gasteiger partial charge in [-0.25, -0.2) is 4.79 Å². The summed E-state index contributed by atoms with van der Waals surface area (Å²) >= 11 is 0. The number of hydrogen-bond acceptors (Lipinski definition) is 2. The summed E-state index contributed by atoms with van der Waals surface area (Å²) in [4.78, 5) is 16.8. The minimum absolute atomic E-state index is 0.255. The fraction of sp³-hybridized carbons (Fsp3) is 0.933. The number of nitrogens with zero attached hydrogens (tertiary/aromatic N) is 2. The summed E-state index contributed by atoms with van der Waals surface area (Å²) in [5.74, 6) is 0. The second-order valence-electron chi connectivity index (χ2n) is 6.22. The summed E-state index contributed by atoms with van der Waals surface area (Å²) in [5, 5.41) is 3.50. The number of carbonyl (C=O) groups is 1. The van der Waals surface area contributed by atoms with E-state index in [4.69, 9.17) is 0 Å². The minimum atomic E-state index is 0.255. The molecule has 4 nitrogen and oxygen atoms in total. The van der Waals surface area contributed by atoms with E-state index in [0.717, 1.165) is 26.2 Å². The van der Waals surface area contributed by atoms with Crippen molar-refractivity contribution in [3.8, 4) is 0 Å². The summed E-state index contributed by atoms with van der Waals surface area (Å²) in [6.45, 7) is 8.12. The van der Waals surface area contributed by atoms with Crippen LogP contribution in [0.4, 0.5) is 4.79 Å². The molecule has 0 saturated carbocycles. The van der Waals surface area contributed by atoms with Crippen molar-refractivity contribution in [2.45, 2.75) is 64.5 Å². The van der Waals surface area contributed by atoms with Crippen molar-refractivity contribution < 1.29 is 4.79 Å². The molecular weight excluding hydrogens is 238 g/mol. The van der Waals surface area contributed by atoms with Crippen LogP contribution in [0.15, 0.2) is 0 Å². The second kappa shape index (κ2) is 7.13. The van der Waals surface area contributed by atoms with E-state index in [1.807, 2.05) is 0 Å². The number of carbonyl (C=O) groups excluding carboxylic acids is 1. The van der Waals surface area contributed by atoms with Gasteiger partial charge < -0.3 is 15.1 Å². The van der Waals surface area contributed by atoms with Crippen LogP contribution in [-0.4, -0.2) is 54.1 Å². The predicted octanol–water partition coefficient (Wildman–Crippen LogP) is 2.44. The van der Waals surface area contributed by atoms with Crippen LogP contribution in [0, 0.1) is 0 Å². The van der Waals surface area contributed by atoms with E-state index < -0.39 is 0 Å². The molecule has 2 rings (SSSR count). The smallest absolute Gasteiger partial charge is 0.320 e. The van der Waals surface area contributed by atoms with Gasteiger partial charge in [0.15, 0.2) is 0 Å². The molecule has 19 heavy (non-hydrogen) atoms. The van der Waals surface area contributed by atoms with Gasteiger partial charge in [0.05, 0.1) is 0 Å². The Morgan fingerprint density at radius 3 is 2.42 bits per heavy atom. The van der Waals surface area contributed by atoms with Crippen molar-refractivity contribution in [3.63, 3.8) is 0 Å². The first-order valence-corrected chi connectivity index (χ1v) is 7.97. The molecule has 4 heteroatoms. The lowest BCUT2D eigenvalue weighted by molar-refractivity contribution is 0.136. The fourth-order valence-electron chi connectivity index (χ4n) is 3.10. The first-order chi connectivity index (χ1) is 9.18. The van der Waals surface area contributed by atoms with Crippen LogP contribution in [0.1, 0.15) is 52.4 Å². The van der Waals surface area contributed by atoms with E-state index in [9.17, 15) is 4.79 Å². The third-order valence-corrected chi connectivity index (χ3v) is 4.33. The molecular formula is C15H29N3O. The topological polar surface area (TPSA) is 35.6 Å². The van der Waals surface area contributed by atoms with Crippen LogP contribution in [0.3, 0.4) is 0 Å². The SMILES string of the molecule is CC(C)N(CC1CCCN1)C(=O)N1CCCCCC1. The Bertz CT molecular complexity index is 279. The van der Waals surface area contributed by atoms with Crippen molar-refractivity contribution in [1.82, 2.24) is 15.1 Å². The number of hydrogen-bond donors (Lipinski definition) is 1. The zero-order valence-corrected chi connectivity index (χ0v) is 12.5. The van der Waals surface area contributed by atoms with E-state index >= 15 is 0 Å². The quantitative estimate of drug-likeness (QED) is 0.852. The van der Waals surface area contributed by atoms with Gasteiger partial charge in [0.25, 0.3) is 0 Å². The Labute approximate surface area is 117 Å². The lowest BCUT2D eigenvalue weighted by atomic mass is 10.2. The predicted molar refractivity (Wildman–Crippen MR) is 78.3 cm³/mol. The number of urea groups is 1. The molecule has 2 saturated heterocycles. The van der Waals surface area contributed by atoms with Gasteiger partial charge in [0.1, 0.15) is 0 Å². The van der Waals surface area contributed by atoms with Crippen LogP contribution in [0.25, 0.3) is 0 Å². The first kappa shape index (κ1) is 14.6. The van der Waals surface area contributed by atoms with E-state index in [2.05, 4.69) is 29.0 Å². The standard InChI is InChI=1S/C15H29N3O/c1-13(2)18(12-14-8-7-9-16-14)15(19)17-10-5-3-4-6-11-17/h13-14,16H,3-12H2,1-2H3. The maximum atomic E-state index is 12.7. The zero-order chi connectivity index (χ0) is 13.7. The summed E-state index contributed by atoms with van der Waals surface area (Å²) in [6, 6.07) is 1.04. The van der Waals surface area contributed by atoms with Crippen LogP contribution < -0.4 is 5.32 Å². The van der Waals surface area contributed by atoms with Crippen LogP contribution >= 0.6 is 0 Å². The molecule has 2 amide bonds. The second-order valence-corrected chi connectivity index (χ2v) is 6.22. The molecule has 0 aromatic rings. The summed E-state index contributed by atoms with van der Waals surface area (Å²) in [7, 11) is 0. The highest BCUT2D eigenvalue weighted by atomic mass is 16.2. The molecule has 0 radical (unpaired) electrons. The van der Waals surface area contributed by atoms with Crippen molar-refractivity contribution in [3.05, 3.63) is 0 Å². The maximum absolute atomic E-state index is 12.7. The molecule has 2 fully saturated rings. The Kier molecular flexibility index (Phi) is 5.49. The molecule has 2 aliphatic heterocycles. The van der Waals surface area contributed by atoms with Gasteiger partial charge in [-0.05, 0) is 46.1 Å². The van der Waals surface area contributed by atoms with E-state index in [1.165, 1.54) is 38.5 Å². The Morgan fingerprint density at radius 1 is 1.21 bits per heavy atom. The van der Waals surface area contributed by atoms with Gasteiger partial charge in [0, 0.05) is 31.7 Å². The normalized spacial score (nSPS) is 24.6. The van der Waals surface area contributed by atoms with Gasteiger partial charge in [-0.15, -0.1) is 0 Å². The fourth-order valence-corrected chi connectivity index (χ4v) is 3.10. The van der Waals surface area contributed by atoms with Crippen molar-refractivity contribution in [2.75, 3.05) is 26.2 Å². The van der Waals surface area contributed by atoms with Crippen molar-refractivity contribution >= 4 is 6.03 Å². The molecule has 0 bridgehead atoms. The monoisotopic (exact) mass is 267 g/mol. The van der Waals surface area contributed by atoms with Crippen LogP contribution in [0.5, 0.6) is 0 Å². The van der Waals surface area contributed by atoms with Crippen molar-refractivity contribution in [1.29, 1.82) is 0 Å². The third kappa shape index (κ3) is 4.10. The zero-order valence-electron chi connectivity index (χ0n) is 12.5. The average Bonchev–Trinajstić information content (AvgIpc) is 2.74. The van der Waals surface area contributed by atoms with Gasteiger partial charge in [0.2, 0.25) is 0 Å². The summed E-state index contributed by atoms with van der Waals surface area (Å²) in [5.41, 5.74) is 0. The largest absolute Gasteiger partial charge is 0.325 e. The molecule has 1 N–H and O–H groups in total. The molecule has 0 spiro atoms. The summed E-state index contributed by atoms with van der Waals surface area (Å²) in [6.07, 6.45) is 7.33. The molecule has 1 unspecified atom stereocenters. The van der Waals surface area contributed by atoms with Crippen LogP contribution in [0.2, 0.25) is 0 Å². The molecule has 2 aliphatic rings. The highest BCUT2D eigenvalue weighted by Crippen LogP contribution is 2.15. The first-order valence-electron chi connectivity index (χ1n) is 7.97. The van der Waals surface area contributed by atoms with E-state index in [-0.39, 0.29) is 12.1 Å². The Balaban J connectivity index is 1.94. The number of nitrogens with one attached hydrogen (secondary N) is 1. The summed E-state index contributed by atoms with van der Waals surface area (Å²) < 4.78 is 0. The highest BCUT2D eigenvalue weighted by molar-refractivity contribution is 5.74. The lowest BCUT2D eigenvalue weighted by Crippen LogP contribution is -2.50. The molecule has 110 valence electrons. The molecule has 1 atom stereocenters. The lowest BCUT2D eigenvalue weighted by Gasteiger charge is -2.34. The van der Waals surface area contributed by atoms with Crippen molar-refractivity contribution in [2.24, 2.45) is 0 Å². The number of amides is 2. The third-order valence-electron chi connectivity index (χ3n) is 4.33. The highest BCUT2D eigenvalue weighted by Gasteiger charge is 2.27. The van der Waals surface area contributed by atoms with Crippen LogP contribution in [-0.2, 0) is 0 Å².